The number of halogens is 4. The zero-order chi connectivity index (χ0) is 27.3. The Labute approximate surface area is 216 Å². The molecule has 2 aromatic carbocycles. The lowest BCUT2D eigenvalue weighted by molar-refractivity contribution is 0.00488. The number of likely N-dealkylation sites (tertiary alicyclic amines) is 1. The number of hydrogen-bond acceptors (Lipinski definition) is 3. The maximum atomic E-state index is 14.1. The van der Waals surface area contributed by atoms with Crippen LogP contribution >= 0.6 is 0 Å². The van der Waals surface area contributed by atoms with Gasteiger partial charge in [0.05, 0.1) is 0 Å². The molecule has 0 spiro atoms. The van der Waals surface area contributed by atoms with Gasteiger partial charge in [-0.15, -0.1) is 0 Å². The second-order valence-corrected chi connectivity index (χ2v) is 10.5. The Balaban J connectivity index is 0.000000220. The SMILES string of the molecule is Cc1ccc(C(F)=CC2CN(C(=O)OC(C)(C)C)C2)cc1F.Cc1ccc(C(F)=CC2CNC2)cc1F. The van der Waals surface area contributed by atoms with Crippen molar-refractivity contribution in [3.8, 4) is 0 Å². The summed E-state index contributed by atoms with van der Waals surface area (Å²) in [5, 5.41) is 3.05. The zero-order valence-corrected chi connectivity index (χ0v) is 21.9. The molecule has 0 saturated carbocycles. The van der Waals surface area contributed by atoms with Gasteiger partial charge >= 0.3 is 6.09 Å². The second kappa shape index (κ2) is 11.9. The highest BCUT2D eigenvalue weighted by Gasteiger charge is 2.33. The molecule has 4 nitrogen and oxygen atoms in total. The second-order valence-electron chi connectivity index (χ2n) is 10.5. The summed E-state index contributed by atoms with van der Waals surface area (Å²) in [5.41, 5.74) is 1.03. The molecule has 2 fully saturated rings. The van der Waals surface area contributed by atoms with E-state index in [2.05, 4.69) is 5.32 Å². The summed E-state index contributed by atoms with van der Waals surface area (Å²) in [6, 6.07) is 8.73. The Morgan fingerprint density at radius 2 is 1.35 bits per heavy atom. The van der Waals surface area contributed by atoms with Gasteiger partial charge in [0.2, 0.25) is 0 Å². The molecule has 0 atom stereocenters. The number of carbonyl (C=O) groups excluding carboxylic acids is 1. The minimum absolute atomic E-state index is 0.0723. The molecule has 0 unspecified atom stereocenters. The van der Waals surface area contributed by atoms with Gasteiger partial charge in [-0.3, -0.25) is 0 Å². The molecule has 4 rings (SSSR count). The highest BCUT2D eigenvalue weighted by Crippen LogP contribution is 2.26. The highest BCUT2D eigenvalue weighted by atomic mass is 19.1. The minimum Gasteiger partial charge on any atom is -0.444 e. The van der Waals surface area contributed by atoms with Gasteiger partial charge in [0.1, 0.15) is 28.9 Å². The van der Waals surface area contributed by atoms with E-state index >= 15 is 0 Å². The van der Waals surface area contributed by atoms with Crippen LogP contribution in [0.5, 0.6) is 0 Å². The fraction of sp³-hybridized carbons (Fsp3) is 0.414. The maximum absolute atomic E-state index is 14.1. The molecule has 2 aromatic rings. The molecular weight excluding hydrogens is 484 g/mol. The van der Waals surface area contributed by atoms with Crippen LogP contribution in [0.2, 0.25) is 0 Å². The number of nitrogens with zero attached hydrogens (tertiary/aromatic N) is 1. The predicted molar refractivity (Wildman–Crippen MR) is 138 cm³/mol. The number of amides is 1. The summed E-state index contributed by atoms with van der Waals surface area (Å²) in [6.07, 6.45) is 2.60. The van der Waals surface area contributed by atoms with Gasteiger partial charge in [-0.2, -0.15) is 0 Å². The van der Waals surface area contributed by atoms with Crippen molar-refractivity contribution in [3.63, 3.8) is 0 Å². The van der Waals surface area contributed by atoms with Gasteiger partial charge in [0.15, 0.2) is 0 Å². The number of ether oxygens (including phenoxy) is 1. The molecule has 0 aliphatic carbocycles. The van der Waals surface area contributed by atoms with Crippen molar-refractivity contribution >= 4 is 17.7 Å². The van der Waals surface area contributed by atoms with Crippen LogP contribution < -0.4 is 5.32 Å². The summed E-state index contributed by atoms with van der Waals surface area (Å²) in [6.45, 7) is 11.1. The van der Waals surface area contributed by atoms with E-state index in [0.29, 0.717) is 29.8 Å². The maximum Gasteiger partial charge on any atom is 0.410 e. The molecule has 2 aliphatic rings. The summed E-state index contributed by atoms with van der Waals surface area (Å²) < 4.78 is 59.5. The first-order chi connectivity index (χ1) is 17.3. The van der Waals surface area contributed by atoms with Crippen molar-refractivity contribution in [3.05, 3.63) is 82.4 Å². The zero-order valence-electron chi connectivity index (χ0n) is 21.9. The van der Waals surface area contributed by atoms with Crippen LogP contribution in [-0.2, 0) is 4.74 Å². The molecule has 2 heterocycles. The molecule has 1 amide bonds. The quantitative estimate of drug-likeness (QED) is 0.444. The van der Waals surface area contributed by atoms with Crippen LogP contribution in [0.25, 0.3) is 11.7 Å². The summed E-state index contributed by atoms with van der Waals surface area (Å²) >= 11 is 0. The molecule has 37 heavy (non-hydrogen) atoms. The molecule has 8 heteroatoms. The van der Waals surface area contributed by atoms with E-state index in [-0.39, 0.29) is 35.1 Å². The van der Waals surface area contributed by atoms with Gasteiger partial charge in [-0.25, -0.2) is 22.4 Å². The number of aryl methyl sites for hydroxylation is 2. The van der Waals surface area contributed by atoms with E-state index in [4.69, 9.17) is 4.74 Å². The minimum atomic E-state index is -0.539. The van der Waals surface area contributed by atoms with Crippen LogP contribution in [0, 0.1) is 37.3 Å². The molecule has 0 radical (unpaired) electrons. The summed E-state index contributed by atoms with van der Waals surface area (Å²) in [4.78, 5) is 13.3. The lowest BCUT2D eigenvalue weighted by Gasteiger charge is -2.38. The standard InChI is InChI=1S/C17H21F2NO2.C12H13F2N/c1-11-5-6-13(8-14(11)18)15(19)7-12-9-20(10-12)16(21)22-17(2,3)4;1-8-2-3-10(5-11(8)13)12(14)4-9-6-15-7-9/h5-8,12H,9-10H2,1-4H3;2-5,9,15H,6-7H2,1H3. The number of benzene rings is 2. The summed E-state index contributed by atoms with van der Waals surface area (Å²) in [7, 11) is 0. The third-order valence-electron chi connectivity index (χ3n) is 6.03. The van der Waals surface area contributed by atoms with E-state index in [1.807, 2.05) is 0 Å². The van der Waals surface area contributed by atoms with Gasteiger partial charge in [0, 0.05) is 49.1 Å². The number of nitrogens with one attached hydrogen (secondary N) is 1. The van der Waals surface area contributed by atoms with Gasteiger partial charge < -0.3 is 15.0 Å². The fourth-order valence-corrected chi connectivity index (χ4v) is 3.61. The first-order valence-corrected chi connectivity index (χ1v) is 12.3. The third kappa shape index (κ3) is 8.18. The van der Waals surface area contributed by atoms with Gasteiger partial charge in [-0.05, 0) is 70.0 Å². The van der Waals surface area contributed by atoms with Crippen LogP contribution in [-0.4, -0.2) is 42.8 Å². The van der Waals surface area contributed by atoms with Crippen molar-refractivity contribution < 1.29 is 27.1 Å². The average molecular weight is 519 g/mol. The van der Waals surface area contributed by atoms with Gasteiger partial charge in [-0.1, -0.05) is 24.3 Å². The molecule has 200 valence electrons. The fourth-order valence-electron chi connectivity index (χ4n) is 3.61. The van der Waals surface area contributed by atoms with Crippen molar-refractivity contribution in [2.75, 3.05) is 26.2 Å². The third-order valence-corrected chi connectivity index (χ3v) is 6.03. The van der Waals surface area contributed by atoms with Crippen molar-refractivity contribution in [2.24, 2.45) is 11.8 Å². The van der Waals surface area contributed by atoms with Crippen molar-refractivity contribution in [1.29, 1.82) is 0 Å². The molecule has 1 N–H and O–H groups in total. The molecule has 0 aromatic heterocycles. The topological polar surface area (TPSA) is 41.6 Å². The van der Waals surface area contributed by atoms with Crippen LogP contribution in [0.15, 0.2) is 48.6 Å². The molecule has 2 saturated heterocycles. The number of hydrogen-bond donors (Lipinski definition) is 1. The first kappa shape index (κ1) is 28.4. The largest absolute Gasteiger partial charge is 0.444 e. The molecule has 0 bridgehead atoms. The van der Waals surface area contributed by atoms with Gasteiger partial charge in [0.25, 0.3) is 0 Å². The average Bonchev–Trinajstić information content (AvgIpc) is 2.75. The Kier molecular flexibility index (Phi) is 9.18. The first-order valence-electron chi connectivity index (χ1n) is 12.3. The van der Waals surface area contributed by atoms with Crippen LogP contribution in [0.1, 0.15) is 43.0 Å². The van der Waals surface area contributed by atoms with Crippen molar-refractivity contribution in [2.45, 2.75) is 40.2 Å². The smallest absolute Gasteiger partial charge is 0.410 e. The Bertz CT molecular complexity index is 1180. The predicted octanol–water partition coefficient (Wildman–Crippen LogP) is 6.98. The monoisotopic (exact) mass is 518 g/mol. The van der Waals surface area contributed by atoms with E-state index in [9.17, 15) is 22.4 Å². The van der Waals surface area contributed by atoms with Crippen molar-refractivity contribution in [1.82, 2.24) is 10.2 Å². The van der Waals surface area contributed by atoms with E-state index in [1.54, 1.807) is 65.0 Å². The van der Waals surface area contributed by atoms with Crippen LogP contribution in [0.3, 0.4) is 0 Å². The van der Waals surface area contributed by atoms with E-state index < -0.39 is 17.2 Å². The Morgan fingerprint density at radius 3 is 1.73 bits per heavy atom. The Hall–Kier alpha value is -3.13. The summed E-state index contributed by atoms with van der Waals surface area (Å²) in [5.74, 6) is -1.41. The van der Waals surface area contributed by atoms with Crippen LogP contribution in [0.4, 0.5) is 22.4 Å². The lowest BCUT2D eigenvalue weighted by Crippen LogP contribution is -2.50. The Morgan fingerprint density at radius 1 is 0.892 bits per heavy atom. The molecule has 2 aliphatic heterocycles. The lowest BCUT2D eigenvalue weighted by atomic mass is 9.98. The highest BCUT2D eigenvalue weighted by molar-refractivity contribution is 5.70. The van der Waals surface area contributed by atoms with E-state index in [0.717, 1.165) is 13.1 Å². The number of carbonyl (C=O) groups is 1. The normalized spacial score (nSPS) is 16.9. The number of rotatable bonds is 4. The molecular formula is C29H34F4N2O2. The van der Waals surface area contributed by atoms with E-state index in [1.165, 1.54) is 23.1 Å².